The van der Waals surface area contributed by atoms with Crippen LogP contribution in [0.1, 0.15) is 35.1 Å². The lowest BCUT2D eigenvalue weighted by atomic mass is 9.80. The second-order valence-electron chi connectivity index (χ2n) is 6.02. The first kappa shape index (κ1) is 19.6. The Hall–Kier alpha value is -0.680. The molecule has 2 unspecified atom stereocenters. The van der Waals surface area contributed by atoms with Gasteiger partial charge in [0.2, 0.25) is 0 Å². The second-order valence-corrected chi connectivity index (χ2v) is 8.77. The topological polar surface area (TPSA) is 75.6 Å². The molecule has 3 rings (SSSR count). The lowest BCUT2D eigenvalue weighted by molar-refractivity contribution is -0.0870. The van der Waals surface area contributed by atoms with Gasteiger partial charge in [0.05, 0.1) is 12.2 Å². The maximum atomic E-state index is 10.7. The number of piperidine rings is 1. The van der Waals surface area contributed by atoms with Crippen LogP contribution in [-0.4, -0.2) is 37.7 Å². The van der Waals surface area contributed by atoms with Crippen LogP contribution in [0.5, 0.6) is 0 Å². The third-order valence-corrected chi connectivity index (χ3v) is 5.78. The van der Waals surface area contributed by atoms with Crippen LogP contribution >= 0.6 is 11.3 Å². The van der Waals surface area contributed by atoms with Crippen molar-refractivity contribution >= 4 is 21.5 Å². The zero-order valence-corrected chi connectivity index (χ0v) is 14.9. The Kier molecular flexibility index (Phi) is 5.65. The number of thiophene rings is 1. The zero-order valence-electron chi connectivity index (χ0n) is 13.3. The summed E-state index contributed by atoms with van der Waals surface area (Å²) in [5.41, 5.74) is -4.01. The lowest BCUT2D eigenvalue weighted by Gasteiger charge is -2.43. The van der Waals surface area contributed by atoms with E-state index in [1.807, 2.05) is 11.3 Å². The Bertz CT molecular complexity index is 687. The van der Waals surface area contributed by atoms with Crippen molar-refractivity contribution in [3.05, 3.63) is 21.4 Å². The highest BCUT2D eigenvalue weighted by molar-refractivity contribution is 7.86. The van der Waals surface area contributed by atoms with Crippen LogP contribution in [0.25, 0.3) is 0 Å². The molecule has 1 aromatic heterocycles. The molecule has 2 aliphatic heterocycles. The molecule has 1 aromatic rings. The fourth-order valence-corrected chi connectivity index (χ4v) is 4.22. The maximum absolute atomic E-state index is 10.7. The van der Waals surface area contributed by atoms with Crippen LogP contribution in [0.3, 0.4) is 0 Å². The van der Waals surface area contributed by atoms with Crippen molar-refractivity contribution in [3.8, 4) is 0 Å². The Labute approximate surface area is 143 Å². The largest absolute Gasteiger partial charge is 0.522 e. The van der Waals surface area contributed by atoms with Crippen molar-refractivity contribution in [3.63, 3.8) is 0 Å². The van der Waals surface area contributed by atoms with Gasteiger partial charge in [-0.05, 0) is 44.9 Å². The number of rotatable bonds is 0. The number of halogens is 3. The molecule has 0 aliphatic carbocycles. The third kappa shape index (κ3) is 4.29. The standard InChI is InChI=1S/C13H19NOS.CHF3O3S/c1-9-8-13(4-5-14-9)11-7-10(2)16-12(11)3-6-15-13;2-1(3,4)8(5,6)7/h7,9,14H,3-6,8H2,1-2H3;(H,5,6,7). The first-order valence-electron chi connectivity index (χ1n) is 7.45. The van der Waals surface area contributed by atoms with Gasteiger partial charge in [0.15, 0.2) is 0 Å². The Morgan fingerprint density at radius 3 is 2.62 bits per heavy atom. The van der Waals surface area contributed by atoms with Crippen molar-refractivity contribution in [2.24, 2.45) is 0 Å². The summed E-state index contributed by atoms with van der Waals surface area (Å²) < 4.78 is 63.7. The van der Waals surface area contributed by atoms with Crippen molar-refractivity contribution in [2.45, 2.75) is 50.3 Å². The van der Waals surface area contributed by atoms with Gasteiger partial charge in [-0.15, -0.1) is 11.3 Å². The summed E-state index contributed by atoms with van der Waals surface area (Å²) in [4.78, 5) is 3.00. The van der Waals surface area contributed by atoms with Crippen molar-refractivity contribution in [2.75, 3.05) is 13.2 Å². The number of fused-ring (bicyclic) bond motifs is 2. The van der Waals surface area contributed by atoms with Crippen molar-refractivity contribution < 1.29 is 30.9 Å². The van der Waals surface area contributed by atoms with Gasteiger partial charge < -0.3 is 10.1 Å². The molecule has 138 valence electrons. The minimum Gasteiger partial charge on any atom is -0.370 e. The molecule has 24 heavy (non-hydrogen) atoms. The number of nitrogens with one attached hydrogen (secondary N) is 1. The first-order chi connectivity index (χ1) is 10.9. The van der Waals surface area contributed by atoms with E-state index in [1.165, 1.54) is 10.4 Å². The van der Waals surface area contributed by atoms with E-state index in [9.17, 15) is 13.2 Å². The van der Waals surface area contributed by atoms with Gasteiger partial charge in [0, 0.05) is 22.2 Å². The smallest absolute Gasteiger partial charge is 0.370 e. The fraction of sp³-hybridized carbons (Fsp3) is 0.714. The van der Waals surface area contributed by atoms with E-state index >= 15 is 0 Å². The zero-order chi connectivity index (χ0) is 18.2. The molecule has 0 bridgehead atoms. The Morgan fingerprint density at radius 1 is 1.46 bits per heavy atom. The molecule has 1 saturated heterocycles. The third-order valence-electron chi connectivity index (χ3n) is 4.08. The average molecular weight is 387 g/mol. The minimum atomic E-state index is -5.84. The minimum absolute atomic E-state index is 0.0308. The monoisotopic (exact) mass is 387 g/mol. The van der Waals surface area contributed by atoms with E-state index in [4.69, 9.17) is 17.7 Å². The first-order valence-corrected chi connectivity index (χ1v) is 9.71. The molecular formula is C14H20F3NO4S2. The molecule has 2 N–H and O–H groups in total. The van der Waals surface area contributed by atoms with Crippen LogP contribution in [0.15, 0.2) is 6.07 Å². The van der Waals surface area contributed by atoms with Gasteiger partial charge in [0.1, 0.15) is 0 Å². The summed E-state index contributed by atoms with van der Waals surface area (Å²) in [7, 11) is -5.84. The Morgan fingerprint density at radius 2 is 2.08 bits per heavy atom. The highest BCUT2D eigenvalue weighted by atomic mass is 32.2. The van der Waals surface area contributed by atoms with Crippen molar-refractivity contribution in [1.29, 1.82) is 0 Å². The summed E-state index contributed by atoms with van der Waals surface area (Å²) in [6, 6.07) is 2.93. The highest BCUT2D eigenvalue weighted by Crippen LogP contribution is 2.44. The Balaban J connectivity index is 0.000000224. The summed E-state index contributed by atoms with van der Waals surface area (Å²) in [5.74, 6) is 0. The van der Waals surface area contributed by atoms with E-state index in [0.29, 0.717) is 6.04 Å². The molecule has 2 atom stereocenters. The summed E-state index contributed by atoms with van der Waals surface area (Å²) in [5, 5.41) is 3.51. The molecular weight excluding hydrogens is 367 g/mol. The predicted octanol–water partition coefficient (Wildman–Crippen LogP) is 2.99. The van der Waals surface area contributed by atoms with Gasteiger partial charge in [0.25, 0.3) is 0 Å². The maximum Gasteiger partial charge on any atom is 0.522 e. The molecule has 3 heterocycles. The number of hydrogen-bond donors (Lipinski definition) is 2. The van der Waals surface area contributed by atoms with Crippen LogP contribution < -0.4 is 5.32 Å². The van der Waals surface area contributed by atoms with Crippen molar-refractivity contribution in [1.82, 2.24) is 5.32 Å². The van der Waals surface area contributed by atoms with E-state index < -0.39 is 15.6 Å². The second kappa shape index (κ2) is 6.91. The fourth-order valence-electron chi connectivity index (χ4n) is 3.12. The lowest BCUT2D eigenvalue weighted by Crippen LogP contribution is -2.48. The molecule has 10 heteroatoms. The normalized spacial score (nSPS) is 27.3. The molecule has 1 fully saturated rings. The van der Waals surface area contributed by atoms with Gasteiger partial charge in [-0.1, -0.05) is 0 Å². The summed E-state index contributed by atoms with van der Waals surface area (Å²) >= 11 is 1.96. The predicted molar refractivity (Wildman–Crippen MR) is 84.7 cm³/mol. The van der Waals surface area contributed by atoms with Crippen LogP contribution in [-0.2, 0) is 26.9 Å². The average Bonchev–Trinajstić information content (AvgIpc) is 2.79. The molecule has 0 amide bonds. The van der Waals surface area contributed by atoms with Gasteiger partial charge in [-0.3, -0.25) is 4.55 Å². The van der Waals surface area contributed by atoms with E-state index in [0.717, 1.165) is 32.4 Å². The molecule has 0 aromatic carbocycles. The van der Waals surface area contributed by atoms with Crippen LogP contribution in [0.2, 0.25) is 0 Å². The van der Waals surface area contributed by atoms with Gasteiger partial charge in [-0.25, -0.2) is 0 Å². The van der Waals surface area contributed by atoms with Crippen LogP contribution in [0, 0.1) is 6.92 Å². The van der Waals surface area contributed by atoms with E-state index in [-0.39, 0.29) is 5.60 Å². The molecule has 1 spiro atoms. The highest BCUT2D eigenvalue weighted by Gasteiger charge is 2.44. The number of aryl methyl sites for hydroxylation is 1. The van der Waals surface area contributed by atoms with Crippen LogP contribution in [0.4, 0.5) is 13.2 Å². The van der Waals surface area contributed by atoms with E-state index in [2.05, 4.69) is 25.2 Å². The molecule has 5 nitrogen and oxygen atoms in total. The molecule has 0 radical (unpaired) electrons. The number of alkyl halides is 3. The quantitative estimate of drug-likeness (QED) is 0.529. The summed E-state index contributed by atoms with van der Waals surface area (Å²) in [6.07, 6.45) is 3.36. The van der Waals surface area contributed by atoms with E-state index in [1.54, 1.807) is 4.88 Å². The van der Waals surface area contributed by atoms with Gasteiger partial charge >= 0.3 is 15.6 Å². The number of hydrogen-bond acceptors (Lipinski definition) is 5. The molecule has 0 saturated carbocycles. The summed E-state index contributed by atoms with van der Waals surface area (Å²) in [6.45, 7) is 6.45. The SMILES string of the molecule is Cc1cc2c(s1)CCOC21CCNC(C)C1.O=S(=O)(O)C(F)(F)F. The molecule has 2 aliphatic rings. The number of ether oxygens (including phenoxy) is 1. The van der Waals surface area contributed by atoms with Gasteiger partial charge in [-0.2, -0.15) is 21.6 Å².